The number of amides is 2. The molecule has 0 saturated carbocycles. The van der Waals surface area contributed by atoms with Crippen molar-refractivity contribution in [2.45, 2.75) is 6.42 Å². The number of halogens is 2. The molecule has 8 heteroatoms. The Balaban J connectivity index is 2.34. The van der Waals surface area contributed by atoms with Gasteiger partial charge in [0, 0.05) is 26.6 Å². The van der Waals surface area contributed by atoms with Gasteiger partial charge in [-0.25, -0.2) is 4.98 Å². The molecule has 0 saturated heterocycles. The lowest BCUT2D eigenvalue weighted by Gasteiger charge is -2.07. The van der Waals surface area contributed by atoms with E-state index >= 15 is 0 Å². The lowest BCUT2D eigenvalue weighted by molar-refractivity contribution is -0.121. The van der Waals surface area contributed by atoms with E-state index in [0.717, 1.165) is 0 Å². The molecule has 0 unspecified atom stereocenters. The number of pyridine rings is 1. The minimum atomic E-state index is -0.399. The van der Waals surface area contributed by atoms with E-state index in [1.165, 1.54) is 12.1 Å². The molecule has 0 fully saturated rings. The first-order valence-corrected chi connectivity index (χ1v) is 6.66. The van der Waals surface area contributed by atoms with Crippen molar-refractivity contribution in [3.05, 3.63) is 28.0 Å². The van der Waals surface area contributed by atoms with Gasteiger partial charge in [0.25, 0.3) is 5.91 Å². The van der Waals surface area contributed by atoms with E-state index in [1.54, 1.807) is 7.11 Å². The van der Waals surface area contributed by atoms with E-state index in [9.17, 15) is 9.59 Å². The predicted molar refractivity (Wildman–Crippen MR) is 76.1 cm³/mol. The summed E-state index contributed by atoms with van der Waals surface area (Å²) in [5.74, 6) is -0.563. The highest BCUT2D eigenvalue weighted by Gasteiger charge is 2.11. The van der Waals surface area contributed by atoms with Crippen LogP contribution in [0.3, 0.4) is 0 Å². The number of hydrogen-bond donors (Lipinski definition) is 2. The molecular weight excluding hydrogens is 305 g/mol. The number of carbonyl (C=O) groups is 2. The molecule has 0 aliphatic rings. The maximum absolute atomic E-state index is 11.8. The second-order valence-corrected chi connectivity index (χ2v) is 4.57. The highest BCUT2D eigenvalue weighted by molar-refractivity contribution is 6.34. The topological polar surface area (TPSA) is 80.3 Å². The highest BCUT2D eigenvalue weighted by atomic mass is 35.5. The van der Waals surface area contributed by atoms with Crippen LogP contribution in [0.25, 0.3) is 0 Å². The monoisotopic (exact) mass is 319 g/mol. The van der Waals surface area contributed by atoms with Crippen molar-refractivity contribution < 1.29 is 14.3 Å². The Labute approximate surface area is 126 Å². The van der Waals surface area contributed by atoms with Crippen LogP contribution in [0.2, 0.25) is 10.3 Å². The maximum atomic E-state index is 11.8. The van der Waals surface area contributed by atoms with Crippen LogP contribution >= 0.6 is 23.2 Å². The number of rotatable bonds is 7. The van der Waals surface area contributed by atoms with Gasteiger partial charge in [-0.1, -0.05) is 23.2 Å². The van der Waals surface area contributed by atoms with Gasteiger partial charge in [-0.3, -0.25) is 9.59 Å². The fourth-order valence-corrected chi connectivity index (χ4v) is 1.78. The fraction of sp³-hybridized carbons (Fsp3) is 0.417. The van der Waals surface area contributed by atoms with Crippen LogP contribution < -0.4 is 10.6 Å². The Morgan fingerprint density at radius 2 is 2.00 bits per heavy atom. The molecule has 20 heavy (non-hydrogen) atoms. The van der Waals surface area contributed by atoms with E-state index in [2.05, 4.69) is 15.6 Å². The summed E-state index contributed by atoms with van der Waals surface area (Å²) in [5.41, 5.74) is 0.218. The molecule has 0 spiro atoms. The van der Waals surface area contributed by atoms with Crippen LogP contribution in [0.5, 0.6) is 0 Å². The van der Waals surface area contributed by atoms with Gasteiger partial charge < -0.3 is 15.4 Å². The minimum Gasteiger partial charge on any atom is -0.383 e. The Kier molecular flexibility index (Phi) is 7.28. The zero-order chi connectivity index (χ0) is 15.0. The van der Waals surface area contributed by atoms with Crippen LogP contribution in [0.1, 0.15) is 16.8 Å². The second-order valence-electron chi connectivity index (χ2n) is 3.82. The molecule has 2 N–H and O–H groups in total. The van der Waals surface area contributed by atoms with E-state index in [4.69, 9.17) is 27.9 Å². The Hall–Kier alpha value is -1.37. The van der Waals surface area contributed by atoms with Crippen molar-refractivity contribution in [2.75, 3.05) is 26.8 Å². The molecule has 1 aromatic rings. The number of ether oxygens (including phenoxy) is 1. The molecule has 0 radical (unpaired) electrons. The van der Waals surface area contributed by atoms with Gasteiger partial charge in [0.05, 0.1) is 12.2 Å². The molecule has 2 amide bonds. The predicted octanol–water partition coefficient (Wildman–Crippen LogP) is 1.27. The average molecular weight is 320 g/mol. The molecule has 1 heterocycles. The number of nitrogens with one attached hydrogen (secondary N) is 2. The second kappa shape index (κ2) is 8.73. The maximum Gasteiger partial charge on any atom is 0.254 e. The summed E-state index contributed by atoms with van der Waals surface area (Å²) >= 11 is 11.4. The van der Waals surface area contributed by atoms with Crippen molar-refractivity contribution in [1.29, 1.82) is 0 Å². The average Bonchev–Trinajstić information content (AvgIpc) is 2.38. The van der Waals surface area contributed by atoms with Crippen LogP contribution in [-0.2, 0) is 9.53 Å². The summed E-state index contributed by atoms with van der Waals surface area (Å²) in [5, 5.41) is 5.47. The normalized spacial score (nSPS) is 10.2. The smallest absolute Gasteiger partial charge is 0.254 e. The molecule has 0 aliphatic carbocycles. The first-order chi connectivity index (χ1) is 9.54. The Bertz CT molecular complexity index is 483. The lowest BCUT2D eigenvalue weighted by atomic mass is 10.2. The van der Waals surface area contributed by atoms with Crippen molar-refractivity contribution in [1.82, 2.24) is 15.6 Å². The van der Waals surface area contributed by atoms with E-state index < -0.39 is 5.91 Å². The van der Waals surface area contributed by atoms with Gasteiger partial charge in [-0.2, -0.15) is 0 Å². The molecule has 6 nitrogen and oxygen atoms in total. The summed E-state index contributed by atoms with van der Waals surface area (Å²) in [6.45, 7) is 1.09. The van der Waals surface area contributed by atoms with Gasteiger partial charge in [-0.05, 0) is 12.1 Å². The van der Waals surface area contributed by atoms with Gasteiger partial charge in [-0.15, -0.1) is 0 Å². The SMILES string of the molecule is COCCNC(=O)CCNC(=O)c1ccc(Cl)nc1Cl. The van der Waals surface area contributed by atoms with Crippen LogP contribution in [0.4, 0.5) is 0 Å². The zero-order valence-electron chi connectivity index (χ0n) is 10.9. The Morgan fingerprint density at radius 3 is 2.65 bits per heavy atom. The van der Waals surface area contributed by atoms with Gasteiger partial charge in [0.2, 0.25) is 5.91 Å². The molecule has 0 atom stereocenters. The first-order valence-electron chi connectivity index (χ1n) is 5.90. The number of nitrogens with zero attached hydrogens (tertiary/aromatic N) is 1. The third-order valence-electron chi connectivity index (χ3n) is 2.33. The van der Waals surface area contributed by atoms with Crippen molar-refractivity contribution in [2.24, 2.45) is 0 Å². The van der Waals surface area contributed by atoms with Crippen LogP contribution in [0.15, 0.2) is 12.1 Å². The van der Waals surface area contributed by atoms with E-state index in [1.807, 2.05) is 0 Å². The third-order valence-corrected chi connectivity index (χ3v) is 2.82. The highest BCUT2D eigenvalue weighted by Crippen LogP contribution is 2.16. The van der Waals surface area contributed by atoms with Crippen LogP contribution in [-0.4, -0.2) is 43.6 Å². The zero-order valence-corrected chi connectivity index (χ0v) is 12.4. The molecule has 0 aromatic carbocycles. The summed E-state index contributed by atoms with van der Waals surface area (Å²) in [4.78, 5) is 26.9. The van der Waals surface area contributed by atoms with Crippen molar-refractivity contribution in [3.63, 3.8) is 0 Å². The Morgan fingerprint density at radius 1 is 1.25 bits per heavy atom. The summed E-state index contributed by atoms with van der Waals surface area (Å²) in [6, 6.07) is 2.95. The van der Waals surface area contributed by atoms with Gasteiger partial charge in [0.15, 0.2) is 0 Å². The van der Waals surface area contributed by atoms with Crippen molar-refractivity contribution in [3.8, 4) is 0 Å². The number of aromatic nitrogens is 1. The summed E-state index contributed by atoms with van der Waals surface area (Å²) in [7, 11) is 1.55. The quantitative estimate of drug-likeness (QED) is 0.586. The van der Waals surface area contributed by atoms with E-state index in [0.29, 0.717) is 13.2 Å². The fourth-order valence-electron chi connectivity index (χ4n) is 1.35. The number of hydrogen-bond acceptors (Lipinski definition) is 4. The van der Waals surface area contributed by atoms with Gasteiger partial charge >= 0.3 is 0 Å². The molecular formula is C12H15Cl2N3O3. The molecule has 1 rings (SSSR count). The third kappa shape index (κ3) is 5.73. The lowest BCUT2D eigenvalue weighted by Crippen LogP contribution is -2.32. The van der Waals surface area contributed by atoms with Crippen molar-refractivity contribution >= 4 is 35.0 Å². The molecule has 0 bridgehead atoms. The number of methoxy groups -OCH3 is 1. The first kappa shape index (κ1) is 16.7. The summed E-state index contributed by atoms with van der Waals surface area (Å²) < 4.78 is 4.80. The standard InChI is InChI=1S/C12H15Cl2N3O3/c1-20-7-6-15-10(18)4-5-16-12(19)8-2-3-9(13)17-11(8)14/h2-3H,4-7H2,1H3,(H,15,18)(H,16,19). The van der Waals surface area contributed by atoms with E-state index in [-0.39, 0.29) is 34.7 Å². The molecule has 0 aliphatic heterocycles. The molecule has 1 aromatic heterocycles. The van der Waals surface area contributed by atoms with Gasteiger partial charge in [0.1, 0.15) is 10.3 Å². The molecule has 110 valence electrons. The summed E-state index contributed by atoms with van der Waals surface area (Å²) in [6.07, 6.45) is 0.175. The van der Waals surface area contributed by atoms with Crippen LogP contribution in [0, 0.1) is 0 Å². The number of carbonyl (C=O) groups excluding carboxylic acids is 2. The largest absolute Gasteiger partial charge is 0.383 e. The minimum absolute atomic E-state index is 0.0274.